The summed E-state index contributed by atoms with van der Waals surface area (Å²) in [6, 6.07) is 1.16. The van der Waals surface area contributed by atoms with Crippen molar-refractivity contribution in [1.82, 2.24) is 0 Å². The molecule has 23 heavy (non-hydrogen) atoms. The van der Waals surface area contributed by atoms with Crippen LogP contribution in [0.5, 0.6) is 0 Å². The van der Waals surface area contributed by atoms with E-state index in [1.165, 1.54) is 0 Å². The molecule has 0 unspecified atom stereocenters. The first-order valence-electron chi connectivity index (χ1n) is 6.93. The lowest BCUT2D eigenvalue weighted by molar-refractivity contribution is -0.137. The van der Waals surface area contributed by atoms with Crippen molar-refractivity contribution in [2.24, 2.45) is 5.73 Å². The lowest BCUT2D eigenvalue weighted by atomic mass is 9.74. The molecule has 1 aromatic rings. The lowest BCUT2D eigenvalue weighted by Gasteiger charge is -2.32. The van der Waals surface area contributed by atoms with Crippen molar-refractivity contribution in [3.05, 3.63) is 34.1 Å². The molecule has 2 rings (SSSR count). The monoisotopic (exact) mass is 353 g/mol. The van der Waals surface area contributed by atoms with Gasteiger partial charge in [0.25, 0.3) is 0 Å². The third-order valence-corrected chi connectivity index (χ3v) is 4.58. The fourth-order valence-corrected chi connectivity index (χ4v) is 2.43. The minimum Gasteiger partial charge on any atom is -0.402 e. The number of alkyl halides is 3. The van der Waals surface area contributed by atoms with E-state index in [-0.39, 0.29) is 0 Å². The summed E-state index contributed by atoms with van der Waals surface area (Å²) < 4.78 is 64.1. The highest BCUT2D eigenvalue weighted by atomic mass is 35.5. The predicted octanol–water partition coefficient (Wildman–Crippen LogP) is 4.13. The molecule has 0 aromatic heterocycles. The first-order chi connectivity index (χ1) is 10.3. The van der Waals surface area contributed by atoms with Gasteiger partial charge in [-0.3, -0.25) is 0 Å². The van der Waals surface area contributed by atoms with Crippen molar-refractivity contribution in [3.8, 4) is 0 Å². The molecule has 0 saturated carbocycles. The predicted molar refractivity (Wildman–Crippen MR) is 79.4 cm³/mol. The third-order valence-electron chi connectivity index (χ3n) is 4.31. The molecule has 1 atom stereocenters. The Morgan fingerprint density at radius 2 is 1.61 bits per heavy atom. The van der Waals surface area contributed by atoms with Crippen LogP contribution in [0.4, 0.5) is 17.6 Å². The summed E-state index contributed by atoms with van der Waals surface area (Å²) in [5.41, 5.74) is 2.95. The molecule has 9 heteroatoms. The maximum Gasteiger partial charge on any atom is 0.480 e. The zero-order valence-corrected chi connectivity index (χ0v) is 13.8. The van der Waals surface area contributed by atoms with Crippen molar-refractivity contribution in [1.29, 1.82) is 0 Å². The number of hydrogen-bond acceptors (Lipinski definition) is 3. The summed E-state index contributed by atoms with van der Waals surface area (Å²) >= 11 is 5.58. The summed E-state index contributed by atoms with van der Waals surface area (Å²) in [5, 5.41) is -0.651. The van der Waals surface area contributed by atoms with Gasteiger partial charge in [0.05, 0.1) is 27.7 Å². The fraction of sp³-hybridized carbons (Fsp3) is 0.571. The van der Waals surface area contributed by atoms with Crippen LogP contribution in [0.25, 0.3) is 0 Å². The van der Waals surface area contributed by atoms with E-state index in [9.17, 15) is 17.6 Å². The second-order valence-corrected chi connectivity index (χ2v) is 6.92. The smallest absolute Gasteiger partial charge is 0.402 e. The van der Waals surface area contributed by atoms with Crippen LogP contribution in [0.1, 0.15) is 44.8 Å². The molecule has 1 fully saturated rings. The van der Waals surface area contributed by atoms with Crippen molar-refractivity contribution >= 4 is 18.7 Å². The van der Waals surface area contributed by atoms with E-state index in [2.05, 4.69) is 0 Å². The van der Waals surface area contributed by atoms with Gasteiger partial charge in [0.1, 0.15) is 5.82 Å². The molecule has 1 saturated heterocycles. The molecule has 0 bridgehead atoms. The van der Waals surface area contributed by atoms with Crippen LogP contribution in [0, 0.1) is 5.82 Å². The van der Waals surface area contributed by atoms with Gasteiger partial charge in [0, 0.05) is 5.56 Å². The normalized spacial score (nSPS) is 21.6. The van der Waals surface area contributed by atoms with Crippen molar-refractivity contribution in [2.45, 2.75) is 51.0 Å². The zero-order valence-electron chi connectivity index (χ0n) is 13.1. The topological polar surface area (TPSA) is 44.5 Å². The van der Waals surface area contributed by atoms with Gasteiger partial charge in [-0.25, -0.2) is 4.39 Å². The van der Waals surface area contributed by atoms with Crippen LogP contribution in [0.15, 0.2) is 12.1 Å². The van der Waals surface area contributed by atoms with E-state index in [1.54, 1.807) is 27.7 Å². The van der Waals surface area contributed by atoms with Gasteiger partial charge in [-0.15, -0.1) is 0 Å². The van der Waals surface area contributed by atoms with E-state index in [4.69, 9.17) is 26.6 Å². The van der Waals surface area contributed by atoms with Crippen LogP contribution in [0.3, 0.4) is 0 Å². The maximum atomic E-state index is 14.2. The number of benzene rings is 1. The Kier molecular flexibility index (Phi) is 4.52. The maximum absolute atomic E-state index is 14.2. The average molecular weight is 354 g/mol. The summed E-state index contributed by atoms with van der Waals surface area (Å²) in [7, 11) is -1.09. The molecule has 2 N–H and O–H groups in total. The molecule has 1 aliphatic heterocycles. The standard InChI is InChI=1S/C14H17BClF4NO2/c1-12(2)13(3,4)23-15(22-12)11(21)8-5-7(14(18,19)20)6-9(16)10(8)17/h5-6,11H,21H2,1-4H3/t11-/m1/s1. The molecule has 128 valence electrons. The van der Waals surface area contributed by atoms with Gasteiger partial charge in [-0.1, -0.05) is 11.6 Å². The average Bonchev–Trinajstić information content (AvgIpc) is 2.59. The Morgan fingerprint density at radius 3 is 2.04 bits per heavy atom. The van der Waals surface area contributed by atoms with E-state index in [0.717, 1.165) is 0 Å². The Bertz CT molecular complexity index is 606. The number of rotatable bonds is 2. The molecular formula is C14H17BClF4NO2. The molecular weight excluding hydrogens is 336 g/mol. The summed E-state index contributed by atoms with van der Waals surface area (Å²) in [6.45, 7) is 7.04. The molecule has 1 aromatic carbocycles. The Hall–Kier alpha value is -0.825. The number of halogens is 5. The van der Waals surface area contributed by atoms with Gasteiger partial charge in [-0.05, 0) is 39.8 Å². The fourth-order valence-electron chi connectivity index (χ4n) is 2.20. The summed E-state index contributed by atoms with van der Waals surface area (Å²) in [4.78, 5) is 0. The Balaban J connectivity index is 2.41. The molecule has 1 heterocycles. The Morgan fingerprint density at radius 1 is 1.13 bits per heavy atom. The SMILES string of the molecule is CC1(C)OB([C@H](N)c2cc(C(F)(F)F)cc(Cl)c2F)OC1(C)C. The molecule has 0 spiro atoms. The van der Waals surface area contributed by atoms with Crippen molar-refractivity contribution in [3.63, 3.8) is 0 Å². The molecule has 0 aliphatic carbocycles. The zero-order chi connectivity index (χ0) is 17.8. The number of nitrogens with two attached hydrogens (primary N) is 1. The van der Waals surface area contributed by atoms with E-state index in [1.807, 2.05) is 0 Å². The highest BCUT2D eigenvalue weighted by molar-refractivity contribution is 6.47. The number of hydrogen-bond donors (Lipinski definition) is 1. The van der Waals surface area contributed by atoms with E-state index < -0.39 is 52.4 Å². The van der Waals surface area contributed by atoms with Gasteiger partial charge < -0.3 is 15.0 Å². The highest BCUT2D eigenvalue weighted by Gasteiger charge is 2.54. The van der Waals surface area contributed by atoms with Crippen molar-refractivity contribution < 1.29 is 26.9 Å². The second kappa shape index (κ2) is 5.62. The first kappa shape index (κ1) is 18.5. The quantitative estimate of drug-likeness (QED) is 0.642. The van der Waals surface area contributed by atoms with Gasteiger partial charge in [0.2, 0.25) is 0 Å². The minimum absolute atomic E-state index is 0.400. The van der Waals surface area contributed by atoms with Gasteiger partial charge >= 0.3 is 13.3 Å². The highest BCUT2D eigenvalue weighted by Crippen LogP contribution is 2.41. The van der Waals surface area contributed by atoms with Crippen molar-refractivity contribution in [2.75, 3.05) is 0 Å². The van der Waals surface area contributed by atoms with Crippen LogP contribution < -0.4 is 5.73 Å². The third kappa shape index (κ3) is 3.35. The molecule has 1 aliphatic rings. The second-order valence-electron chi connectivity index (χ2n) is 6.51. The minimum atomic E-state index is -4.66. The largest absolute Gasteiger partial charge is 0.480 e. The van der Waals surface area contributed by atoms with Crippen LogP contribution in [-0.2, 0) is 15.5 Å². The molecule has 3 nitrogen and oxygen atoms in total. The van der Waals surface area contributed by atoms with Gasteiger partial charge in [0.15, 0.2) is 0 Å². The van der Waals surface area contributed by atoms with Crippen LogP contribution >= 0.6 is 11.6 Å². The molecule has 0 amide bonds. The summed E-state index contributed by atoms with van der Waals surface area (Å²) in [6.07, 6.45) is -4.66. The first-order valence-corrected chi connectivity index (χ1v) is 7.31. The van der Waals surface area contributed by atoms with Gasteiger partial charge in [-0.2, -0.15) is 13.2 Å². The molecule has 0 radical (unpaired) electrons. The lowest BCUT2D eigenvalue weighted by Crippen LogP contribution is -2.41. The van der Waals surface area contributed by atoms with E-state index >= 15 is 0 Å². The van der Waals surface area contributed by atoms with Crippen LogP contribution in [-0.4, -0.2) is 18.3 Å². The van der Waals surface area contributed by atoms with E-state index in [0.29, 0.717) is 12.1 Å². The van der Waals surface area contributed by atoms with Crippen LogP contribution in [0.2, 0.25) is 5.02 Å². The summed E-state index contributed by atoms with van der Waals surface area (Å²) in [5.74, 6) is -2.27. The Labute approximate surface area is 137 Å².